The number of rotatable bonds is 5. The molecule has 156 valence electrons. The average molecular weight is 420 g/mol. The van der Waals surface area contributed by atoms with Crippen LogP contribution in [-0.4, -0.2) is 55.7 Å². The molecule has 2 aromatic rings. The zero-order valence-electron chi connectivity index (χ0n) is 17.0. The minimum atomic E-state index is -3.69. The van der Waals surface area contributed by atoms with E-state index in [0.717, 1.165) is 0 Å². The highest BCUT2D eigenvalue weighted by Crippen LogP contribution is 2.25. The van der Waals surface area contributed by atoms with Gasteiger partial charge in [-0.2, -0.15) is 4.31 Å². The Labute approximate surface area is 170 Å². The van der Waals surface area contributed by atoms with Crippen molar-refractivity contribution in [3.63, 3.8) is 0 Å². The molecule has 0 unspecified atom stereocenters. The van der Waals surface area contributed by atoms with E-state index in [-0.39, 0.29) is 16.4 Å². The van der Waals surface area contributed by atoms with Gasteiger partial charge in [-0.05, 0) is 51.0 Å². The van der Waals surface area contributed by atoms with Gasteiger partial charge >= 0.3 is 0 Å². The second-order valence-corrected chi connectivity index (χ2v) is 9.04. The summed E-state index contributed by atoms with van der Waals surface area (Å²) in [7, 11) is -3.69. The number of H-pyrrole nitrogens is 1. The van der Waals surface area contributed by atoms with Crippen LogP contribution in [-0.2, 0) is 14.8 Å². The number of benzene rings is 1. The van der Waals surface area contributed by atoms with E-state index in [9.17, 15) is 18.0 Å². The molecule has 1 aromatic heterocycles. The Balaban J connectivity index is 1.90. The van der Waals surface area contributed by atoms with Gasteiger partial charge in [0.05, 0.1) is 18.1 Å². The normalized spacial score (nSPS) is 15.3. The van der Waals surface area contributed by atoms with Gasteiger partial charge in [-0.25, -0.2) is 8.42 Å². The van der Waals surface area contributed by atoms with E-state index in [2.05, 4.69) is 10.3 Å². The van der Waals surface area contributed by atoms with Crippen molar-refractivity contribution in [2.75, 3.05) is 31.6 Å². The van der Waals surface area contributed by atoms with E-state index in [0.29, 0.717) is 54.4 Å². The van der Waals surface area contributed by atoms with Crippen LogP contribution in [0.5, 0.6) is 0 Å². The largest absolute Gasteiger partial charge is 0.379 e. The van der Waals surface area contributed by atoms with E-state index in [1.807, 2.05) is 0 Å². The van der Waals surface area contributed by atoms with Crippen molar-refractivity contribution in [2.24, 2.45) is 0 Å². The number of sulfonamides is 1. The number of aromatic nitrogens is 1. The van der Waals surface area contributed by atoms with E-state index < -0.39 is 15.9 Å². The molecule has 9 heteroatoms. The molecule has 29 heavy (non-hydrogen) atoms. The van der Waals surface area contributed by atoms with E-state index >= 15 is 0 Å². The van der Waals surface area contributed by atoms with Gasteiger partial charge < -0.3 is 15.0 Å². The first-order chi connectivity index (χ1) is 13.6. The number of carbonyl (C=O) groups excluding carboxylic acids is 2. The summed E-state index contributed by atoms with van der Waals surface area (Å²) < 4.78 is 32.6. The quantitative estimate of drug-likeness (QED) is 0.724. The predicted molar refractivity (Wildman–Crippen MR) is 109 cm³/mol. The van der Waals surface area contributed by atoms with Crippen LogP contribution in [0.1, 0.15) is 44.6 Å². The lowest BCUT2D eigenvalue weighted by Crippen LogP contribution is -2.40. The first-order valence-corrected chi connectivity index (χ1v) is 10.8. The van der Waals surface area contributed by atoms with Gasteiger partial charge in [-0.3, -0.25) is 9.59 Å². The fraction of sp³-hybridized carbons (Fsp3) is 0.400. The summed E-state index contributed by atoms with van der Waals surface area (Å²) in [4.78, 5) is 27.6. The third-order valence-electron chi connectivity index (χ3n) is 5.05. The summed E-state index contributed by atoms with van der Waals surface area (Å²) in [6.07, 6.45) is 0. The van der Waals surface area contributed by atoms with Crippen molar-refractivity contribution in [1.29, 1.82) is 0 Å². The topological polar surface area (TPSA) is 109 Å². The standard InChI is InChI=1S/C20H25N3O5S/c1-12-5-6-16(11-17(12)29(26,27)23-7-9-28-10-8-23)22-20(25)19-13(2)18(15(4)24)14(3)21-19/h5-6,11,21H,7-10H2,1-4H3,(H,22,25). The molecule has 0 atom stereocenters. The molecule has 0 saturated carbocycles. The van der Waals surface area contributed by atoms with Gasteiger partial charge in [0.1, 0.15) is 5.69 Å². The molecule has 3 rings (SSSR count). The molecule has 2 N–H and O–H groups in total. The number of carbonyl (C=O) groups is 2. The number of nitrogens with zero attached hydrogens (tertiary/aromatic N) is 1. The van der Waals surface area contributed by atoms with Crippen LogP contribution in [0.3, 0.4) is 0 Å². The number of morpholine rings is 1. The SMILES string of the molecule is CC(=O)c1c(C)[nH]c(C(=O)Nc2ccc(C)c(S(=O)(=O)N3CCOCC3)c2)c1C. The first kappa shape index (κ1) is 21.2. The highest BCUT2D eigenvalue weighted by Gasteiger charge is 2.28. The van der Waals surface area contributed by atoms with Gasteiger partial charge in [0.15, 0.2) is 5.78 Å². The van der Waals surface area contributed by atoms with Crippen molar-refractivity contribution in [3.8, 4) is 0 Å². The maximum absolute atomic E-state index is 13.0. The predicted octanol–water partition coefficient (Wildman–Crippen LogP) is 2.42. The lowest BCUT2D eigenvalue weighted by molar-refractivity contribution is 0.0730. The second-order valence-electron chi connectivity index (χ2n) is 7.13. The molecule has 8 nitrogen and oxygen atoms in total. The number of hydrogen-bond acceptors (Lipinski definition) is 5. The number of aromatic amines is 1. The lowest BCUT2D eigenvalue weighted by Gasteiger charge is -2.26. The molecule has 1 saturated heterocycles. The summed E-state index contributed by atoms with van der Waals surface area (Å²) in [5, 5.41) is 2.73. The molecule has 2 heterocycles. The number of Topliss-reactive ketones (excluding diaryl/α,β-unsaturated/α-hetero) is 1. The van der Waals surface area contributed by atoms with Gasteiger partial charge in [0, 0.05) is 30.0 Å². The van der Waals surface area contributed by atoms with Crippen molar-refractivity contribution < 1.29 is 22.7 Å². The molecule has 1 aromatic carbocycles. The van der Waals surface area contributed by atoms with Crippen molar-refractivity contribution in [2.45, 2.75) is 32.6 Å². The maximum atomic E-state index is 13.0. The fourth-order valence-corrected chi connectivity index (χ4v) is 5.24. The Morgan fingerprint density at radius 1 is 1.14 bits per heavy atom. The number of ether oxygens (including phenoxy) is 1. The molecule has 0 spiro atoms. The minimum Gasteiger partial charge on any atom is -0.379 e. The van der Waals surface area contributed by atoms with Crippen LogP contribution in [0.2, 0.25) is 0 Å². The van der Waals surface area contributed by atoms with E-state index in [4.69, 9.17) is 4.74 Å². The Bertz CT molecular complexity index is 1070. The zero-order chi connectivity index (χ0) is 21.3. The number of anilines is 1. The van der Waals surface area contributed by atoms with Gasteiger partial charge in [-0.1, -0.05) is 6.07 Å². The molecule has 1 amide bonds. The van der Waals surface area contributed by atoms with Crippen LogP contribution in [0.4, 0.5) is 5.69 Å². The molecular weight excluding hydrogens is 394 g/mol. The van der Waals surface area contributed by atoms with Gasteiger partial charge in [0.25, 0.3) is 5.91 Å². The molecule has 1 aliphatic heterocycles. The number of nitrogens with one attached hydrogen (secondary N) is 2. The lowest BCUT2D eigenvalue weighted by atomic mass is 10.1. The average Bonchev–Trinajstić information content (AvgIpc) is 2.98. The molecular formula is C20H25N3O5S. The second kappa shape index (κ2) is 8.10. The van der Waals surface area contributed by atoms with Gasteiger partial charge in [0.2, 0.25) is 10.0 Å². The maximum Gasteiger partial charge on any atom is 0.272 e. The Kier molecular flexibility index (Phi) is 5.92. The monoisotopic (exact) mass is 419 g/mol. The summed E-state index contributed by atoms with van der Waals surface area (Å²) in [5.41, 5.74) is 2.93. The van der Waals surface area contributed by atoms with Crippen LogP contribution in [0, 0.1) is 20.8 Å². The van der Waals surface area contributed by atoms with Crippen LogP contribution >= 0.6 is 0 Å². The van der Waals surface area contributed by atoms with Crippen LogP contribution in [0.25, 0.3) is 0 Å². The highest BCUT2D eigenvalue weighted by atomic mass is 32.2. The van der Waals surface area contributed by atoms with Crippen molar-refractivity contribution in [3.05, 3.63) is 46.3 Å². The van der Waals surface area contributed by atoms with Crippen molar-refractivity contribution in [1.82, 2.24) is 9.29 Å². The Morgan fingerprint density at radius 3 is 2.38 bits per heavy atom. The first-order valence-electron chi connectivity index (χ1n) is 9.33. The zero-order valence-corrected chi connectivity index (χ0v) is 17.8. The Hall–Kier alpha value is -2.49. The number of hydrogen-bond donors (Lipinski definition) is 2. The molecule has 0 radical (unpaired) electrons. The summed E-state index contributed by atoms with van der Waals surface area (Å²) >= 11 is 0. The number of amides is 1. The smallest absolute Gasteiger partial charge is 0.272 e. The van der Waals surface area contributed by atoms with Crippen LogP contribution in [0.15, 0.2) is 23.1 Å². The molecule has 1 fully saturated rings. The third kappa shape index (κ3) is 4.12. The highest BCUT2D eigenvalue weighted by molar-refractivity contribution is 7.89. The van der Waals surface area contributed by atoms with Gasteiger partial charge in [-0.15, -0.1) is 0 Å². The summed E-state index contributed by atoms with van der Waals surface area (Å²) in [6, 6.07) is 4.79. The molecule has 1 aliphatic rings. The Morgan fingerprint density at radius 2 is 1.79 bits per heavy atom. The van der Waals surface area contributed by atoms with E-state index in [1.165, 1.54) is 17.3 Å². The third-order valence-corrected chi connectivity index (χ3v) is 7.09. The molecule has 0 bridgehead atoms. The summed E-state index contributed by atoms with van der Waals surface area (Å²) in [6.45, 7) is 7.93. The molecule has 0 aliphatic carbocycles. The van der Waals surface area contributed by atoms with Crippen LogP contribution < -0.4 is 5.32 Å². The minimum absolute atomic E-state index is 0.121. The fourth-order valence-electron chi connectivity index (χ4n) is 3.58. The van der Waals surface area contributed by atoms with Crippen molar-refractivity contribution >= 4 is 27.4 Å². The number of aryl methyl sites for hydroxylation is 2. The van der Waals surface area contributed by atoms with E-state index in [1.54, 1.807) is 32.9 Å². The number of ketones is 1. The summed E-state index contributed by atoms with van der Waals surface area (Å²) in [5.74, 6) is -0.554.